The van der Waals surface area contributed by atoms with Crippen LogP contribution in [0.15, 0.2) is 0 Å². The van der Waals surface area contributed by atoms with Crippen molar-refractivity contribution in [2.75, 3.05) is 32.8 Å². The quantitative estimate of drug-likeness (QED) is 0.493. The molecule has 0 aromatic carbocycles. The van der Waals surface area contributed by atoms with Crippen LogP contribution < -0.4 is 0 Å². The molecule has 2 nitrogen and oxygen atoms in total. The summed E-state index contributed by atoms with van der Waals surface area (Å²) >= 11 is 0. The number of rotatable bonds is 0. The Labute approximate surface area is 62.2 Å². The van der Waals surface area contributed by atoms with Gasteiger partial charge in [-0.15, -0.1) is 0 Å². The predicted molar refractivity (Wildman–Crippen MR) is 40.0 cm³/mol. The van der Waals surface area contributed by atoms with E-state index in [0.717, 1.165) is 25.7 Å². The molecule has 0 aliphatic carbocycles. The Bertz CT molecular complexity index is 88.3. The van der Waals surface area contributed by atoms with Gasteiger partial charge in [0.05, 0.1) is 6.61 Å². The van der Waals surface area contributed by atoms with Crippen molar-refractivity contribution >= 4 is 0 Å². The fraction of sp³-hybridized carbons (Fsp3) is 1.00. The van der Waals surface area contributed by atoms with Crippen LogP contribution in [0.1, 0.15) is 12.8 Å². The molecule has 3 fully saturated rings. The molecule has 0 aromatic heterocycles. The Morgan fingerprint density at radius 2 is 1.90 bits per heavy atom. The van der Waals surface area contributed by atoms with Crippen molar-refractivity contribution in [2.24, 2.45) is 5.92 Å². The van der Waals surface area contributed by atoms with Crippen LogP contribution in [-0.2, 0) is 4.74 Å². The lowest BCUT2D eigenvalue weighted by Gasteiger charge is -2.34. The molecule has 0 amide bonds. The molecule has 3 aliphatic heterocycles. The van der Waals surface area contributed by atoms with Gasteiger partial charge in [-0.05, 0) is 31.8 Å². The monoisotopic (exact) mass is 141 g/mol. The molecular formula is C8H15NO. The highest BCUT2D eigenvalue weighted by Gasteiger charge is 2.21. The molecule has 58 valence electrons. The summed E-state index contributed by atoms with van der Waals surface area (Å²) in [5.74, 6) is 0.872. The third-order valence-corrected chi connectivity index (χ3v) is 2.61. The highest BCUT2D eigenvalue weighted by atomic mass is 16.5. The molecule has 0 N–H and O–H groups in total. The summed E-state index contributed by atoms with van der Waals surface area (Å²) in [4.78, 5) is 2.51. The minimum Gasteiger partial charge on any atom is -0.380 e. The number of nitrogens with zero attached hydrogens (tertiary/aromatic N) is 1. The van der Waals surface area contributed by atoms with Gasteiger partial charge in [0.25, 0.3) is 0 Å². The molecule has 0 unspecified atom stereocenters. The standard InChI is InChI=1S/C8H15NO/c1-3-9-4-2-8(1)7-10-6-5-9/h8H,1-7H2. The van der Waals surface area contributed by atoms with Gasteiger partial charge in [-0.1, -0.05) is 0 Å². The Balaban J connectivity index is 1.94. The second-order valence-electron chi connectivity index (χ2n) is 3.36. The van der Waals surface area contributed by atoms with E-state index in [2.05, 4.69) is 4.90 Å². The van der Waals surface area contributed by atoms with Crippen molar-refractivity contribution in [3.05, 3.63) is 0 Å². The largest absolute Gasteiger partial charge is 0.380 e. The Morgan fingerprint density at radius 1 is 1.10 bits per heavy atom. The maximum Gasteiger partial charge on any atom is 0.0593 e. The molecule has 2 bridgehead atoms. The van der Waals surface area contributed by atoms with Gasteiger partial charge in [0.2, 0.25) is 0 Å². The second kappa shape index (κ2) is 2.89. The summed E-state index contributed by atoms with van der Waals surface area (Å²) in [7, 11) is 0. The van der Waals surface area contributed by atoms with Gasteiger partial charge in [0, 0.05) is 13.2 Å². The number of piperidine rings is 1. The van der Waals surface area contributed by atoms with Gasteiger partial charge in [0.15, 0.2) is 0 Å². The van der Waals surface area contributed by atoms with Crippen LogP contribution in [0.2, 0.25) is 0 Å². The Kier molecular flexibility index (Phi) is 1.91. The highest BCUT2D eigenvalue weighted by molar-refractivity contribution is 4.73. The molecule has 2 heteroatoms. The van der Waals surface area contributed by atoms with Crippen LogP contribution in [0, 0.1) is 5.92 Å². The third-order valence-electron chi connectivity index (χ3n) is 2.61. The summed E-state index contributed by atoms with van der Waals surface area (Å²) in [6.07, 6.45) is 2.72. The first-order chi connectivity index (χ1) is 4.95. The fourth-order valence-electron chi connectivity index (χ4n) is 1.82. The average Bonchev–Trinajstić information content (AvgIpc) is 1.89. The van der Waals surface area contributed by atoms with Gasteiger partial charge in [-0.25, -0.2) is 0 Å². The van der Waals surface area contributed by atoms with Gasteiger partial charge in [0.1, 0.15) is 0 Å². The molecule has 0 aromatic rings. The van der Waals surface area contributed by atoms with Crippen LogP contribution in [0.3, 0.4) is 0 Å². The molecule has 0 radical (unpaired) electrons. The van der Waals surface area contributed by atoms with Crippen molar-refractivity contribution in [2.45, 2.75) is 12.8 Å². The summed E-state index contributed by atoms with van der Waals surface area (Å²) < 4.78 is 5.47. The van der Waals surface area contributed by atoms with Gasteiger partial charge >= 0.3 is 0 Å². The zero-order valence-corrected chi connectivity index (χ0v) is 6.38. The van der Waals surface area contributed by atoms with Crippen LogP contribution in [-0.4, -0.2) is 37.7 Å². The van der Waals surface area contributed by atoms with Crippen LogP contribution >= 0.6 is 0 Å². The van der Waals surface area contributed by atoms with E-state index >= 15 is 0 Å². The summed E-state index contributed by atoms with van der Waals surface area (Å²) in [5.41, 5.74) is 0. The minimum atomic E-state index is 0.872. The Morgan fingerprint density at radius 3 is 2.70 bits per heavy atom. The lowest BCUT2D eigenvalue weighted by atomic mass is 9.97. The van der Waals surface area contributed by atoms with E-state index in [1.807, 2.05) is 0 Å². The average molecular weight is 141 g/mol. The normalized spacial score (nSPS) is 40.8. The van der Waals surface area contributed by atoms with Crippen LogP contribution in [0.4, 0.5) is 0 Å². The topological polar surface area (TPSA) is 12.5 Å². The fourth-order valence-corrected chi connectivity index (χ4v) is 1.82. The number of hydrogen-bond donors (Lipinski definition) is 0. The van der Waals surface area contributed by atoms with Crippen molar-refractivity contribution in [3.8, 4) is 0 Å². The number of ether oxygens (including phenoxy) is 1. The van der Waals surface area contributed by atoms with E-state index in [9.17, 15) is 0 Å². The maximum atomic E-state index is 5.47. The van der Waals surface area contributed by atoms with Crippen molar-refractivity contribution in [1.82, 2.24) is 4.90 Å². The number of fused-ring (bicyclic) bond motifs is 5. The van der Waals surface area contributed by atoms with Gasteiger partial charge in [-0.3, -0.25) is 0 Å². The zero-order chi connectivity index (χ0) is 6.81. The molecule has 3 saturated heterocycles. The van der Waals surface area contributed by atoms with E-state index in [1.54, 1.807) is 0 Å². The predicted octanol–water partition coefficient (Wildman–Crippen LogP) is 0.729. The molecular weight excluding hydrogens is 126 g/mol. The van der Waals surface area contributed by atoms with E-state index < -0.39 is 0 Å². The first-order valence-corrected chi connectivity index (χ1v) is 4.25. The first kappa shape index (κ1) is 6.62. The van der Waals surface area contributed by atoms with E-state index in [4.69, 9.17) is 4.74 Å². The maximum absolute atomic E-state index is 5.47. The third kappa shape index (κ3) is 1.32. The van der Waals surface area contributed by atoms with Crippen molar-refractivity contribution < 1.29 is 4.74 Å². The summed E-state index contributed by atoms with van der Waals surface area (Å²) in [6, 6.07) is 0. The van der Waals surface area contributed by atoms with E-state index in [0.29, 0.717) is 0 Å². The lowest BCUT2D eigenvalue weighted by molar-refractivity contribution is 0.0164. The lowest BCUT2D eigenvalue weighted by Crippen LogP contribution is -2.40. The highest BCUT2D eigenvalue weighted by Crippen LogP contribution is 2.18. The molecule has 0 atom stereocenters. The summed E-state index contributed by atoms with van der Waals surface area (Å²) in [5, 5.41) is 0. The van der Waals surface area contributed by atoms with E-state index in [-0.39, 0.29) is 0 Å². The molecule has 3 heterocycles. The van der Waals surface area contributed by atoms with Crippen LogP contribution in [0.5, 0.6) is 0 Å². The molecule has 0 saturated carbocycles. The van der Waals surface area contributed by atoms with Crippen molar-refractivity contribution in [1.29, 1.82) is 0 Å². The molecule has 0 spiro atoms. The Hall–Kier alpha value is -0.0800. The smallest absolute Gasteiger partial charge is 0.0593 e. The van der Waals surface area contributed by atoms with Crippen LogP contribution in [0.25, 0.3) is 0 Å². The minimum absolute atomic E-state index is 0.872. The summed E-state index contributed by atoms with van der Waals surface area (Å²) in [6.45, 7) is 5.76. The first-order valence-electron chi connectivity index (χ1n) is 4.25. The molecule has 3 aliphatic rings. The molecule has 3 rings (SSSR count). The van der Waals surface area contributed by atoms with E-state index in [1.165, 1.54) is 25.9 Å². The van der Waals surface area contributed by atoms with Crippen molar-refractivity contribution in [3.63, 3.8) is 0 Å². The SMILES string of the molecule is C1CN2CCC(CC2)CO1. The second-order valence-corrected chi connectivity index (χ2v) is 3.36. The van der Waals surface area contributed by atoms with Gasteiger partial charge < -0.3 is 9.64 Å². The number of hydrogen-bond acceptors (Lipinski definition) is 2. The zero-order valence-electron chi connectivity index (χ0n) is 6.38. The molecule has 10 heavy (non-hydrogen) atoms. The van der Waals surface area contributed by atoms with Gasteiger partial charge in [-0.2, -0.15) is 0 Å².